The van der Waals surface area contributed by atoms with Crippen molar-refractivity contribution in [3.05, 3.63) is 40.9 Å². The molecule has 8 nitrogen and oxygen atoms in total. The highest BCUT2D eigenvalue weighted by Crippen LogP contribution is 2.28. The Balaban J connectivity index is 0.000000994. The van der Waals surface area contributed by atoms with Crippen molar-refractivity contribution in [2.24, 2.45) is 14.1 Å². The van der Waals surface area contributed by atoms with Gasteiger partial charge >= 0.3 is 5.69 Å². The highest BCUT2D eigenvalue weighted by atomic mass is 16.1. The van der Waals surface area contributed by atoms with Gasteiger partial charge in [-0.15, -0.1) is 0 Å². The van der Waals surface area contributed by atoms with Crippen molar-refractivity contribution in [2.75, 3.05) is 10.6 Å². The monoisotopic (exact) mass is 393 g/mol. The molecule has 0 aliphatic heterocycles. The molecule has 1 fully saturated rings. The molecule has 8 heteroatoms. The molecule has 0 radical (unpaired) electrons. The third kappa shape index (κ3) is 3.35. The summed E-state index contributed by atoms with van der Waals surface area (Å²) in [5.41, 5.74) is 3.34. The molecule has 0 atom stereocenters. The zero-order valence-electron chi connectivity index (χ0n) is 17.3. The van der Waals surface area contributed by atoms with Crippen LogP contribution in [0.5, 0.6) is 0 Å². The van der Waals surface area contributed by atoms with E-state index >= 15 is 0 Å². The first-order valence-corrected chi connectivity index (χ1v) is 10.1. The van der Waals surface area contributed by atoms with Crippen molar-refractivity contribution in [3.63, 3.8) is 0 Å². The van der Waals surface area contributed by atoms with Crippen LogP contribution >= 0.6 is 0 Å². The summed E-state index contributed by atoms with van der Waals surface area (Å²) < 4.78 is 3.28. The third-order valence-corrected chi connectivity index (χ3v) is 5.39. The summed E-state index contributed by atoms with van der Waals surface area (Å²) >= 11 is 0. The number of hydrogen-bond acceptors (Lipinski definition) is 5. The lowest BCUT2D eigenvalue weighted by Gasteiger charge is -2.27. The van der Waals surface area contributed by atoms with Crippen LogP contribution in [0.15, 0.2) is 35.3 Å². The number of nitrogens with one attached hydrogen (secondary N) is 3. The van der Waals surface area contributed by atoms with Crippen LogP contribution in [0.3, 0.4) is 0 Å². The van der Waals surface area contributed by atoms with E-state index in [1.807, 2.05) is 44.3 Å². The van der Waals surface area contributed by atoms with Crippen LogP contribution in [0.2, 0.25) is 0 Å². The van der Waals surface area contributed by atoms with Crippen LogP contribution < -0.4 is 16.3 Å². The number of benzene rings is 1. The van der Waals surface area contributed by atoms with Crippen molar-refractivity contribution in [1.29, 1.82) is 0 Å². The molecule has 4 aromatic rings. The smallest absolute Gasteiger partial charge is 0.328 e. The van der Waals surface area contributed by atoms with E-state index in [-0.39, 0.29) is 5.69 Å². The van der Waals surface area contributed by atoms with Gasteiger partial charge in [0.1, 0.15) is 11.5 Å². The molecular weight excluding hydrogens is 366 g/mol. The largest absolute Gasteiger partial charge is 0.367 e. The van der Waals surface area contributed by atoms with Crippen LogP contribution in [0.4, 0.5) is 17.5 Å². The molecule has 1 aliphatic carbocycles. The van der Waals surface area contributed by atoms with Crippen molar-refractivity contribution in [1.82, 2.24) is 24.1 Å². The zero-order valence-corrected chi connectivity index (χ0v) is 17.3. The number of hydrogen-bond donors (Lipinski definition) is 3. The van der Waals surface area contributed by atoms with E-state index in [0.29, 0.717) is 12.0 Å². The zero-order chi connectivity index (χ0) is 20.5. The van der Waals surface area contributed by atoms with Crippen LogP contribution in [0.1, 0.15) is 33.1 Å². The second-order valence-electron chi connectivity index (χ2n) is 7.14. The molecule has 3 heterocycles. The number of aryl methyl sites for hydroxylation is 2. The third-order valence-electron chi connectivity index (χ3n) is 5.39. The predicted octanol–water partition coefficient (Wildman–Crippen LogP) is 3.88. The molecule has 0 saturated heterocycles. The highest BCUT2D eigenvalue weighted by molar-refractivity contribution is 5.89. The Kier molecular flexibility index (Phi) is 5.00. The SMILES string of the molecule is CC.Cn1c(=O)n(C)c2cc(Nc3nc(NC4CCC4)c4cc[nH]c4n3)ccc21. The van der Waals surface area contributed by atoms with Crippen molar-refractivity contribution in [2.45, 2.75) is 39.2 Å². The van der Waals surface area contributed by atoms with Gasteiger partial charge in [0, 0.05) is 32.0 Å². The molecule has 0 unspecified atom stereocenters. The van der Waals surface area contributed by atoms with Gasteiger partial charge in [0.15, 0.2) is 0 Å². The molecule has 0 amide bonds. The number of imidazole rings is 1. The number of aromatic nitrogens is 5. The molecule has 152 valence electrons. The minimum absolute atomic E-state index is 0.0433. The molecule has 1 aromatic carbocycles. The molecule has 5 rings (SSSR count). The number of anilines is 3. The fourth-order valence-electron chi connectivity index (χ4n) is 3.57. The van der Waals surface area contributed by atoms with E-state index in [1.54, 1.807) is 23.2 Å². The van der Waals surface area contributed by atoms with Gasteiger partial charge < -0.3 is 15.6 Å². The summed E-state index contributed by atoms with van der Waals surface area (Å²) in [6.45, 7) is 4.00. The van der Waals surface area contributed by atoms with Gasteiger partial charge in [0.05, 0.1) is 16.4 Å². The normalized spacial score (nSPS) is 13.8. The Morgan fingerprint density at radius 2 is 1.83 bits per heavy atom. The number of rotatable bonds is 4. The molecule has 29 heavy (non-hydrogen) atoms. The van der Waals surface area contributed by atoms with Crippen LogP contribution in [-0.2, 0) is 14.1 Å². The Hall–Kier alpha value is -3.29. The quantitative estimate of drug-likeness (QED) is 0.489. The molecular formula is C21H27N7O. The number of fused-ring (bicyclic) bond motifs is 2. The highest BCUT2D eigenvalue weighted by Gasteiger charge is 2.19. The van der Waals surface area contributed by atoms with E-state index in [2.05, 4.69) is 25.6 Å². The molecule has 3 N–H and O–H groups in total. The van der Waals surface area contributed by atoms with Gasteiger partial charge in [-0.3, -0.25) is 9.13 Å². The summed E-state index contributed by atoms with van der Waals surface area (Å²) in [6, 6.07) is 8.29. The minimum Gasteiger partial charge on any atom is -0.367 e. The Morgan fingerprint density at radius 1 is 1.07 bits per heavy atom. The maximum Gasteiger partial charge on any atom is 0.328 e. The van der Waals surface area contributed by atoms with Gasteiger partial charge in [-0.1, -0.05) is 13.8 Å². The first-order valence-electron chi connectivity index (χ1n) is 10.1. The summed E-state index contributed by atoms with van der Waals surface area (Å²) in [4.78, 5) is 24.6. The number of H-pyrrole nitrogens is 1. The second-order valence-corrected chi connectivity index (χ2v) is 7.14. The summed E-state index contributed by atoms with van der Waals surface area (Å²) in [5.74, 6) is 1.37. The first-order chi connectivity index (χ1) is 14.1. The maximum absolute atomic E-state index is 12.1. The van der Waals surface area contributed by atoms with Gasteiger partial charge in [0.2, 0.25) is 5.95 Å². The van der Waals surface area contributed by atoms with Crippen molar-refractivity contribution in [3.8, 4) is 0 Å². The average Bonchev–Trinajstić information content (AvgIpc) is 3.26. The van der Waals surface area contributed by atoms with Crippen LogP contribution in [0, 0.1) is 0 Å². The van der Waals surface area contributed by atoms with E-state index in [1.165, 1.54) is 19.3 Å². The lowest BCUT2D eigenvalue weighted by Crippen LogP contribution is -2.27. The molecule has 0 bridgehead atoms. The second kappa shape index (κ2) is 7.62. The summed E-state index contributed by atoms with van der Waals surface area (Å²) in [7, 11) is 3.55. The fourth-order valence-corrected chi connectivity index (χ4v) is 3.57. The lowest BCUT2D eigenvalue weighted by atomic mass is 9.93. The average molecular weight is 393 g/mol. The summed E-state index contributed by atoms with van der Waals surface area (Å²) in [5, 5.41) is 7.79. The van der Waals surface area contributed by atoms with E-state index in [0.717, 1.165) is 33.6 Å². The van der Waals surface area contributed by atoms with Crippen molar-refractivity contribution >= 4 is 39.5 Å². The Morgan fingerprint density at radius 3 is 2.55 bits per heavy atom. The minimum atomic E-state index is -0.0433. The van der Waals surface area contributed by atoms with Crippen molar-refractivity contribution < 1.29 is 0 Å². The first kappa shape index (κ1) is 19.0. The molecule has 3 aromatic heterocycles. The maximum atomic E-state index is 12.1. The molecule has 1 saturated carbocycles. The molecule has 0 spiro atoms. The van der Waals surface area contributed by atoms with E-state index < -0.39 is 0 Å². The van der Waals surface area contributed by atoms with Gasteiger partial charge in [-0.05, 0) is 43.5 Å². The number of aromatic amines is 1. The molecule has 1 aliphatic rings. The fraction of sp³-hybridized carbons (Fsp3) is 0.381. The summed E-state index contributed by atoms with van der Waals surface area (Å²) in [6.07, 6.45) is 5.50. The van der Waals surface area contributed by atoms with E-state index in [4.69, 9.17) is 0 Å². The van der Waals surface area contributed by atoms with Gasteiger partial charge in [0.25, 0.3) is 0 Å². The van der Waals surface area contributed by atoms with Crippen LogP contribution in [-0.4, -0.2) is 30.1 Å². The van der Waals surface area contributed by atoms with Gasteiger partial charge in [-0.25, -0.2) is 4.79 Å². The standard InChI is InChI=1S/C19H21N7O.C2H6/c1-25-14-7-6-12(10-15(14)26(2)19(25)27)22-18-23-16-13(8-9-20-16)17(24-18)21-11-4-3-5-11;1-2/h6-11H,3-5H2,1-2H3,(H3,20,21,22,23,24);1-2H3. The topological polar surface area (TPSA) is 92.6 Å². The Bertz CT molecular complexity index is 1210. The van der Waals surface area contributed by atoms with Gasteiger partial charge in [-0.2, -0.15) is 9.97 Å². The van der Waals surface area contributed by atoms with Crippen LogP contribution in [0.25, 0.3) is 22.1 Å². The lowest BCUT2D eigenvalue weighted by molar-refractivity contribution is 0.445. The predicted molar refractivity (Wildman–Crippen MR) is 118 cm³/mol. The Labute approximate surface area is 169 Å². The number of nitrogens with zero attached hydrogens (tertiary/aromatic N) is 4. The van der Waals surface area contributed by atoms with E-state index in [9.17, 15) is 4.79 Å².